The second-order valence-electron chi connectivity index (χ2n) is 1.10. The van der Waals surface area contributed by atoms with Crippen molar-refractivity contribution in [1.29, 1.82) is 0 Å². The van der Waals surface area contributed by atoms with Crippen molar-refractivity contribution in [2.24, 2.45) is 4.99 Å². The highest BCUT2D eigenvalue weighted by atomic mass is 35.5. The zero-order valence-electron chi connectivity index (χ0n) is 4.69. The molecule has 0 bridgehead atoms. The van der Waals surface area contributed by atoms with Gasteiger partial charge in [-0.3, -0.25) is 4.99 Å². The van der Waals surface area contributed by atoms with Crippen LogP contribution < -0.4 is 0 Å². The molecule has 0 saturated heterocycles. The largest absolute Gasteiger partial charge is 0.359 e. The average Bonchev–Trinajstić information content (AvgIpc) is 1.84. The van der Waals surface area contributed by atoms with Crippen molar-refractivity contribution in [3.05, 3.63) is 0 Å². The van der Waals surface area contributed by atoms with Gasteiger partial charge in [0.2, 0.25) is 0 Å². The van der Waals surface area contributed by atoms with Crippen molar-refractivity contribution in [3.63, 3.8) is 0 Å². The summed E-state index contributed by atoms with van der Waals surface area (Å²) < 4.78 is 4.61. The first-order valence-corrected chi connectivity index (χ1v) is 2.83. The van der Waals surface area contributed by atoms with Gasteiger partial charge in [-0.25, -0.2) is 0 Å². The smallest absolute Gasteiger partial charge is 0.183 e. The Morgan fingerprint density at radius 3 is 2.38 bits per heavy atom. The van der Waals surface area contributed by atoms with Crippen LogP contribution in [0.1, 0.15) is 0 Å². The highest BCUT2D eigenvalue weighted by molar-refractivity contribution is 6.70. The molecule has 0 radical (unpaired) electrons. The van der Waals surface area contributed by atoms with Crippen molar-refractivity contribution in [2.45, 2.75) is 5.56 Å². The van der Waals surface area contributed by atoms with Gasteiger partial charge in [0.15, 0.2) is 5.56 Å². The summed E-state index contributed by atoms with van der Waals surface area (Å²) in [7, 11) is 3.02. The summed E-state index contributed by atoms with van der Waals surface area (Å²) in [6.07, 6.45) is 0. The molecule has 48 valence electrons. The van der Waals surface area contributed by atoms with Gasteiger partial charge in [0.25, 0.3) is 0 Å². The Balaban J connectivity index is 3.63. The van der Waals surface area contributed by atoms with Gasteiger partial charge in [-0.15, -0.1) is 0 Å². The van der Waals surface area contributed by atoms with Crippen molar-refractivity contribution in [3.8, 4) is 0 Å². The Morgan fingerprint density at radius 2 is 2.25 bits per heavy atom. The van der Waals surface area contributed by atoms with Crippen LogP contribution in [0.15, 0.2) is 4.99 Å². The Labute approximate surface area is 58.4 Å². The molecule has 0 aromatic carbocycles. The molecule has 0 aliphatic heterocycles. The van der Waals surface area contributed by atoms with Crippen LogP contribution >= 0.6 is 23.2 Å². The molecule has 0 aliphatic carbocycles. The van der Waals surface area contributed by atoms with E-state index in [-0.39, 0.29) is 5.17 Å². The third kappa shape index (κ3) is 2.50. The molecule has 0 N–H and O–H groups in total. The van der Waals surface area contributed by atoms with E-state index in [4.69, 9.17) is 23.2 Å². The van der Waals surface area contributed by atoms with Crippen LogP contribution in [0.2, 0.25) is 0 Å². The van der Waals surface area contributed by atoms with E-state index in [1.165, 1.54) is 7.11 Å². The molecule has 0 heterocycles. The van der Waals surface area contributed by atoms with Crippen LogP contribution in [0, 0.1) is 0 Å². The SMILES string of the molecule is CN=C(Cl)C(Cl)OC. The van der Waals surface area contributed by atoms with Crippen LogP contribution in [0.5, 0.6) is 0 Å². The number of ether oxygens (including phenoxy) is 1. The van der Waals surface area contributed by atoms with Crippen molar-refractivity contribution >= 4 is 28.4 Å². The van der Waals surface area contributed by atoms with Gasteiger partial charge in [-0.1, -0.05) is 23.2 Å². The molecule has 0 aliphatic rings. The van der Waals surface area contributed by atoms with Gasteiger partial charge < -0.3 is 4.74 Å². The molecule has 2 nitrogen and oxygen atoms in total. The minimum absolute atomic E-state index is 0.272. The summed E-state index contributed by atoms with van der Waals surface area (Å²) >= 11 is 10.8. The van der Waals surface area contributed by atoms with Gasteiger partial charge in [0.1, 0.15) is 5.17 Å². The molecule has 1 unspecified atom stereocenters. The lowest BCUT2D eigenvalue weighted by atomic mass is 10.8. The number of rotatable bonds is 2. The van der Waals surface area contributed by atoms with E-state index >= 15 is 0 Å². The summed E-state index contributed by atoms with van der Waals surface area (Å²) in [4.78, 5) is 3.58. The lowest BCUT2D eigenvalue weighted by Crippen LogP contribution is -2.09. The molecule has 0 spiro atoms. The van der Waals surface area contributed by atoms with Crippen LogP contribution in [0.4, 0.5) is 0 Å². The van der Waals surface area contributed by atoms with Crippen molar-refractivity contribution in [2.75, 3.05) is 14.2 Å². The highest BCUT2D eigenvalue weighted by Crippen LogP contribution is 2.02. The Bertz CT molecular complexity index is 94.0. The molecular weight excluding hydrogens is 149 g/mol. The molecule has 0 fully saturated rings. The fraction of sp³-hybridized carbons (Fsp3) is 0.750. The van der Waals surface area contributed by atoms with Gasteiger partial charge in [-0.2, -0.15) is 0 Å². The summed E-state index contributed by atoms with van der Waals surface area (Å²) in [5, 5.41) is 0.272. The predicted octanol–water partition coefficient (Wildman–Crippen LogP) is 1.46. The number of methoxy groups -OCH3 is 1. The number of hydrogen-bond acceptors (Lipinski definition) is 2. The quantitative estimate of drug-likeness (QED) is 0.438. The first-order valence-electron chi connectivity index (χ1n) is 2.01. The van der Waals surface area contributed by atoms with Crippen LogP contribution in [0.25, 0.3) is 0 Å². The monoisotopic (exact) mass is 155 g/mol. The van der Waals surface area contributed by atoms with E-state index in [9.17, 15) is 0 Å². The maximum Gasteiger partial charge on any atom is 0.183 e. The number of halogens is 2. The molecule has 0 aromatic heterocycles. The maximum atomic E-state index is 5.43. The first-order chi connectivity index (χ1) is 3.72. The number of alkyl halides is 1. The lowest BCUT2D eigenvalue weighted by Gasteiger charge is -2.01. The number of hydrogen-bond donors (Lipinski definition) is 0. The van der Waals surface area contributed by atoms with E-state index in [0.717, 1.165) is 0 Å². The van der Waals surface area contributed by atoms with E-state index in [1.807, 2.05) is 0 Å². The van der Waals surface area contributed by atoms with Crippen molar-refractivity contribution < 1.29 is 4.74 Å². The van der Waals surface area contributed by atoms with Crippen LogP contribution in [-0.2, 0) is 4.74 Å². The normalized spacial score (nSPS) is 16.2. The van der Waals surface area contributed by atoms with Gasteiger partial charge in [0.05, 0.1) is 0 Å². The first kappa shape index (κ1) is 8.21. The van der Waals surface area contributed by atoms with E-state index < -0.39 is 5.56 Å². The van der Waals surface area contributed by atoms with E-state index in [0.29, 0.717) is 0 Å². The molecule has 0 saturated carbocycles. The van der Waals surface area contributed by atoms with Gasteiger partial charge in [0, 0.05) is 14.2 Å². The Kier molecular flexibility index (Phi) is 4.23. The molecule has 0 rings (SSSR count). The average molecular weight is 156 g/mol. The third-order valence-corrected chi connectivity index (χ3v) is 1.47. The van der Waals surface area contributed by atoms with Crippen LogP contribution in [0.3, 0.4) is 0 Å². The lowest BCUT2D eigenvalue weighted by molar-refractivity contribution is 0.217. The molecule has 1 atom stereocenters. The Morgan fingerprint density at radius 1 is 1.75 bits per heavy atom. The minimum Gasteiger partial charge on any atom is -0.359 e. The summed E-state index contributed by atoms with van der Waals surface area (Å²) in [5.74, 6) is 0. The third-order valence-electron chi connectivity index (χ3n) is 0.608. The fourth-order valence-corrected chi connectivity index (χ4v) is 0.385. The molecule has 4 heteroatoms. The standard InChI is InChI=1S/C4H7Cl2NO/c1-7-3(5)4(6)8-2/h4H,1-2H3. The van der Waals surface area contributed by atoms with E-state index in [2.05, 4.69) is 9.73 Å². The minimum atomic E-state index is -0.596. The second kappa shape index (κ2) is 4.13. The summed E-state index contributed by atoms with van der Waals surface area (Å²) in [6.45, 7) is 0. The van der Waals surface area contributed by atoms with Crippen LogP contribution in [-0.4, -0.2) is 24.9 Å². The predicted molar refractivity (Wildman–Crippen MR) is 35.9 cm³/mol. The molecule has 0 amide bonds. The fourth-order valence-electron chi connectivity index (χ4n) is 0.199. The molecular formula is C4H7Cl2NO. The topological polar surface area (TPSA) is 21.6 Å². The summed E-state index contributed by atoms with van der Waals surface area (Å²) in [6, 6.07) is 0. The number of nitrogens with zero attached hydrogens (tertiary/aromatic N) is 1. The molecule has 8 heavy (non-hydrogen) atoms. The Hall–Kier alpha value is 0.210. The summed E-state index contributed by atoms with van der Waals surface area (Å²) in [5.41, 5.74) is -0.596. The zero-order chi connectivity index (χ0) is 6.57. The van der Waals surface area contributed by atoms with Gasteiger partial charge >= 0.3 is 0 Å². The number of aliphatic imine (C=N–C) groups is 1. The van der Waals surface area contributed by atoms with Gasteiger partial charge in [-0.05, 0) is 0 Å². The van der Waals surface area contributed by atoms with Crippen molar-refractivity contribution in [1.82, 2.24) is 0 Å². The zero-order valence-corrected chi connectivity index (χ0v) is 6.20. The van der Waals surface area contributed by atoms with E-state index in [1.54, 1.807) is 7.05 Å². The maximum absolute atomic E-state index is 5.43. The second-order valence-corrected chi connectivity index (χ2v) is 1.88. The highest BCUT2D eigenvalue weighted by Gasteiger charge is 2.05. The molecule has 0 aromatic rings.